The molecule has 1 unspecified atom stereocenters. The third-order valence-electron chi connectivity index (χ3n) is 1.93. The molecule has 1 atom stereocenters. The molecular weight excluding hydrogens is 178 g/mol. The van der Waals surface area contributed by atoms with Crippen molar-refractivity contribution in [1.29, 1.82) is 0 Å². The summed E-state index contributed by atoms with van der Waals surface area (Å²) < 4.78 is 5.21. The van der Waals surface area contributed by atoms with Crippen LogP contribution in [0.25, 0.3) is 0 Å². The number of hydrogen-bond donors (Lipinski definition) is 1. The first kappa shape index (κ1) is 9.99. The van der Waals surface area contributed by atoms with Gasteiger partial charge in [0.15, 0.2) is 0 Å². The van der Waals surface area contributed by atoms with Gasteiger partial charge in [0.2, 0.25) is 0 Å². The van der Waals surface area contributed by atoms with Gasteiger partial charge in [0.1, 0.15) is 0 Å². The molecule has 0 radical (unpaired) electrons. The van der Waals surface area contributed by atoms with Crippen molar-refractivity contribution in [3.8, 4) is 0 Å². The number of aliphatic hydroxyl groups excluding tert-OH is 1. The highest BCUT2D eigenvalue weighted by atomic mass is 35.5. The van der Waals surface area contributed by atoms with E-state index in [9.17, 15) is 0 Å². The molecule has 0 aromatic heterocycles. The van der Waals surface area contributed by atoms with Gasteiger partial charge in [-0.05, 0) is 0 Å². The third kappa shape index (κ3) is 2.75. The SMILES string of the molecule is C=C(Cl)CN1CCOCC1CO. The van der Waals surface area contributed by atoms with Crippen LogP contribution >= 0.6 is 11.6 Å². The molecule has 1 aliphatic heterocycles. The first-order chi connectivity index (χ1) is 5.74. The van der Waals surface area contributed by atoms with Crippen molar-refractivity contribution in [3.63, 3.8) is 0 Å². The molecule has 3 nitrogen and oxygen atoms in total. The van der Waals surface area contributed by atoms with Crippen LogP contribution in [0, 0.1) is 0 Å². The Labute approximate surface area is 77.6 Å². The highest BCUT2D eigenvalue weighted by molar-refractivity contribution is 6.29. The van der Waals surface area contributed by atoms with E-state index in [2.05, 4.69) is 11.5 Å². The highest BCUT2D eigenvalue weighted by Gasteiger charge is 2.21. The predicted octanol–water partition coefficient (Wildman–Crippen LogP) is 0.432. The summed E-state index contributed by atoms with van der Waals surface area (Å²) >= 11 is 5.67. The van der Waals surface area contributed by atoms with Gasteiger partial charge in [0.25, 0.3) is 0 Å². The van der Waals surface area contributed by atoms with Crippen molar-refractivity contribution in [3.05, 3.63) is 11.6 Å². The average Bonchev–Trinajstić information content (AvgIpc) is 2.04. The largest absolute Gasteiger partial charge is 0.395 e. The average molecular weight is 192 g/mol. The van der Waals surface area contributed by atoms with Crippen LogP contribution in [0.2, 0.25) is 0 Å². The molecule has 1 N–H and O–H groups in total. The lowest BCUT2D eigenvalue weighted by Gasteiger charge is -2.33. The van der Waals surface area contributed by atoms with E-state index >= 15 is 0 Å². The molecule has 70 valence electrons. The van der Waals surface area contributed by atoms with E-state index < -0.39 is 0 Å². The lowest BCUT2D eigenvalue weighted by Crippen LogP contribution is -2.47. The van der Waals surface area contributed by atoms with Crippen LogP contribution in [0.1, 0.15) is 0 Å². The number of hydrogen-bond acceptors (Lipinski definition) is 3. The number of ether oxygens (including phenoxy) is 1. The summed E-state index contributed by atoms with van der Waals surface area (Å²) in [5, 5.41) is 9.59. The molecule has 0 saturated carbocycles. The summed E-state index contributed by atoms with van der Waals surface area (Å²) in [4.78, 5) is 2.08. The Morgan fingerprint density at radius 1 is 1.75 bits per heavy atom. The number of morpholine rings is 1. The molecule has 1 aliphatic rings. The van der Waals surface area contributed by atoms with Crippen molar-refractivity contribution < 1.29 is 9.84 Å². The number of aliphatic hydroxyl groups is 1. The van der Waals surface area contributed by atoms with Crippen LogP contribution in [-0.4, -0.2) is 49.0 Å². The van der Waals surface area contributed by atoms with E-state index in [0.29, 0.717) is 24.8 Å². The monoisotopic (exact) mass is 191 g/mol. The molecule has 1 heterocycles. The minimum Gasteiger partial charge on any atom is -0.395 e. The third-order valence-corrected chi connectivity index (χ3v) is 2.05. The van der Waals surface area contributed by atoms with Crippen molar-refractivity contribution in [2.45, 2.75) is 6.04 Å². The van der Waals surface area contributed by atoms with E-state index in [1.165, 1.54) is 0 Å². The van der Waals surface area contributed by atoms with Gasteiger partial charge in [-0.25, -0.2) is 0 Å². The first-order valence-electron chi connectivity index (χ1n) is 4.00. The highest BCUT2D eigenvalue weighted by Crippen LogP contribution is 2.09. The molecule has 1 saturated heterocycles. The van der Waals surface area contributed by atoms with E-state index in [0.717, 1.165) is 6.54 Å². The smallest absolute Gasteiger partial charge is 0.0645 e. The molecule has 4 heteroatoms. The summed E-state index contributed by atoms with van der Waals surface area (Å²) in [6.45, 7) is 6.48. The van der Waals surface area contributed by atoms with E-state index in [1.54, 1.807) is 0 Å². The van der Waals surface area contributed by atoms with Crippen molar-refractivity contribution in [2.24, 2.45) is 0 Å². The maximum Gasteiger partial charge on any atom is 0.0645 e. The van der Waals surface area contributed by atoms with Gasteiger partial charge in [0.05, 0.1) is 25.9 Å². The quantitative estimate of drug-likeness (QED) is 0.703. The normalized spacial score (nSPS) is 25.7. The molecule has 0 aromatic carbocycles. The predicted molar refractivity (Wildman–Crippen MR) is 48.3 cm³/mol. The summed E-state index contributed by atoms with van der Waals surface area (Å²) in [5.41, 5.74) is 0. The van der Waals surface area contributed by atoms with Crippen LogP contribution in [0.3, 0.4) is 0 Å². The minimum absolute atomic E-state index is 0.0780. The lowest BCUT2D eigenvalue weighted by molar-refractivity contribution is -0.0223. The van der Waals surface area contributed by atoms with Crippen LogP contribution in [-0.2, 0) is 4.74 Å². The molecule has 0 bridgehead atoms. The Morgan fingerprint density at radius 3 is 3.08 bits per heavy atom. The van der Waals surface area contributed by atoms with Gasteiger partial charge in [-0.2, -0.15) is 0 Å². The van der Waals surface area contributed by atoms with Gasteiger partial charge in [-0.15, -0.1) is 0 Å². The van der Waals surface area contributed by atoms with Gasteiger partial charge >= 0.3 is 0 Å². The van der Waals surface area contributed by atoms with Crippen LogP contribution in [0.15, 0.2) is 11.6 Å². The lowest BCUT2D eigenvalue weighted by atomic mass is 10.2. The zero-order valence-corrected chi connectivity index (χ0v) is 7.76. The topological polar surface area (TPSA) is 32.7 Å². The Bertz CT molecular complexity index is 163. The number of rotatable bonds is 3. The molecule has 0 aliphatic carbocycles. The Kier molecular flexibility index (Phi) is 4.01. The Hall–Kier alpha value is -0.0900. The fourth-order valence-corrected chi connectivity index (χ4v) is 1.44. The van der Waals surface area contributed by atoms with Gasteiger partial charge < -0.3 is 9.84 Å². The zero-order valence-electron chi connectivity index (χ0n) is 7.00. The van der Waals surface area contributed by atoms with Crippen molar-refractivity contribution in [1.82, 2.24) is 4.90 Å². The van der Waals surface area contributed by atoms with Gasteiger partial charge in [-0.1, -0.05) is 18.2 Å². The van der Waals surface area contributed by atoms with Crippen LogP contribution < -0.4 is 0 Å². The summed E-state index contributed by atoms with van der Waals surface area (Å²) in [6.07, 6.45) is 0. The van der Waals surface area contributed by atoms with Crippen LogP contribution in [0.4, 0.5) is 0 Å². The first-order valence-corrected chi connectivity index (χ1v) is 4.37. The summed E-state index contributed by atoms with van der Waals surface area (Å²) in [6, 6.07) is 0.0780. The second-order valence-electron chi connectivity index (χ2n) is 2.90. The number of nitrogens with zero attached hydrogens (tertiary/aromatic N) is 1. The van der Waals surface area contributed by atoms with Crippen molar-refractivity contribution in [2.75, 3.05) is 32.9 Å². The Morgan fingerprint density at radius 2 is 2.50 bits per heavy atom. The van der Waals surface area contributed by atoms with E-state index in [1.807, 2.05) is 0 Å². The van der Waals surface area contributed by atoms with Gasteiger partial charge in [0, 0.05) is 18.1 Å². The maximum atomic E-state index is 8.98. The molecular formula is C8H14ClNO2. The molecule has 1 rings (SSSR count). The molecule has 12 heavy (non-hydrogen) atoms. The number of halogens is 1. The second-order valence-corrected chi connectivity index (χ2v) is 3.43. The molecule has 0 amide bonds. The molecule has 0 aromatic rings. The fourth-order valence-electron chi connectivity index (χ4n) is 1.29. The standard InChI is InChI=1S/C8H14ClNO2/c1-7(9)4-10-2-3-12-6-8(10)5-11/h8,11H,1-6H2. The van der Waals surface area contributed by atoms with Crippen LogP contribution in [0.5, 0.6) is 0 Å². The fraction of sp³-hybridized carbons (Fsp3) is 0.750. The van der Waals surface area contributed by atoms with E-state index in [-0.39, 0.29) is 12.6 Å². The zero-order chi connectivity index (χ0) is 8.97. The Balaban J connectivity index is 2.41. The summed E-state index contributed by atoms with van der Waals surface area (Å²) in [7, 11) is 0. The summed E-state index contributed by atoms with van der Waals surface area (Å²) in [5.74, 6) is 0. The molecule has 0 spiro atoms. The maximum absolute atomic E-state index is 8.98. The van der Waals surface area contributed by atoms with Gasteiger partial charge in [-0.3, -0.25) is 4.90 Å². The molecule has 1 fully saturated rings. The minimum atomic E-state index is 0.0780. The van der Waals surface area contributed by atoms with Crippen molar-refractivity contribution >= 4 is 11.6 Å². The second kappa shape index (κ2) is 4.82. The van der Waals surface area contributed by atoms with E-state index in [4.69, 9.17) is 21.4 Å².